The number of fused-ring (bicyclic) bond motifs is 1. The predicted molar refractivity (Wildman–Crippen MR) is 118 cm³/mol. The van der Waals surface area contributed by atoms with Gasteiger partial charge in [0.25, 0.3) is 0 Å². The molecular weight excluding hydrogens is 398 g/mol. The van der Waals surface area contributed by atoms with Crippen LogP contribution in [0.25, 0.3) is 6.08 Å². The molecule has 3 rings (SSSR count). The van der Waals surface area contributed by atoms with Crippen LogP contribution < -0.4 is 29.0 Å². The third-order valence-electron chi connectivity index (χ3n) is 5.00. The Morgan fingerprint density at radius 1 is 0.968 bits per heavy atom. The molecule has 1 N–H and O–H groups in total. The van der Waals surface area contributed by atoms with Gasteiger partial charge in [-0.05, 0) is 47.4 Å². The van der Waals surface area contributed by atoms with E-state index in [1.165, 1.54) is 6.08 Å². The Morgan fingerprint density at radius 2 is 1.61 bits per heavy atom. The molecule has 1 aliphatic heterocycles. The molecule has 0 fully saturated rings. The maximum atomic E-state index is 12.7. The molecule has 0 spiro atoms. The van der Waals surface area contributed by atoms with E-state index in [2.05, 4.69) is 19.2 Å². The van der Waals surface area contributed by atoms with Gasteiger partial charge in [0.05, 0.1) is 27.4 Å². The number of methoxy groups -OCH3 is 3. The lowest BCUT2D eigenvalue weighted by molar-refractivity contribution is -0.117. The van der Waals surface area contributed by atoms with Crippen LogP contribution in [0, 0.1) is 5.92 Å². The number of amides is 1. The summed E-state index contributed by atoms with van der Waals surface area (Å²) in [6.45, 7) is 5.18. The number of carbonyl (C=O) groups is 1. The Balaban J connectivity index is 1.77. The number of carbonyl (C=O) groups excluding carboxylic acids is 1. The fourth-order valence-electron chi connectivity index (χ4n) is 3.46. The summed E-state index contributed by atoms with van der Waals surface area (Å²) in [6, 6.07) is 9.17. The lowest BCUT2D eigenvalue weighted by Gasteiger charge is -2.25. The molecule has 2 aromatic carbocycles. The molecule has 166 valence electrons. The van der Waals surface area contributed by atoms with Crippen molar-refractivity contribution in [3.63, 3.8) is 0 Å². The molecule has 0 radical (unpaired) electrons. The zero-order valence-electron chi connectivity index (χ0n) is 18.6. The SMILES string of the molecule is COc1cc(/C=C/C(=O)NC(c2ccc3c(c2)OCCO3)C(C)C)cc(OC)c1OC. The molecule has 0 aromatic heterocycles. The average Bonchev–Trinajstić information content (AvgIpc) is 2.79. The van der Waals surface area contributed by atoms with Crippen molar-refractivity contribution in [1.29, 1.82) is 0 Å². The monoisotopic (exact) mass is 427 g/mol. The summed E-state index contributed by atoms with van der Waals surface area (Å²) < 4.78 is 27.3. The van der Waals surface area contributed by atoms with Gasteiger partial charge in [0.2, 0.25) is 11.7 Å². The molecule has 0 aliphatic carbocycles. The second-order valence-electron chi connectivity index (χ2n) is 7.43. The smallest absolute Gasteiger partial charge is 0.244 e. The molecule has 2 aromatic rings. The van der Waals surface area contributed by atoms with Gasteiger partial charge >= 0.3 is 0 Å². The highest BCUT2D eigenvalue weighted by molar-refractivity contribution is 5.92. The predicted octanol–water partition coefficient (Wildman–Crippen LogP) is 4.01. The summed E-state index contributed by atoms with van der Waals surface area (Å²) in [7, 11) is 4.66. The van der Waals surface area contributed by atoms with Gasteiger partial charge in [-0.3, -0.25) is 4.79 Å². The fraction of sp³-hybridized carbons (Fsp3) is 0.375. The van der Waals surface area contributed by atoms with E-state index in [-0.39, 0.29) is 17.9 Å². The maximum Gasteiger partial charge on any atom is 0.244 e. The van der Waals surface area contributed by atoms with Crippen LogP contribution in [0.2, 0.25) is 0 Å². The van der Waals surface area contributed by atoms with Crippen LogP contribution in [-0.4, -0.2) is 40.5 Å². The maximum absolute atomic E-state index is 12.7. The van der Waals surface area contributed by atoms with Crippen molar-refractivity contribution in [2.45, 2.75) is 19.9 Å². The number of hydrogen-bond acceptors (Lipinski definition) is 6. The standard InChI is InChI=1S/C24H29NO6/c1-15(2)23(17-7-8-18-19(14-17)31-11-10-30-18)25-22(26)9-6-16-12-20(27-3)24(29-5)21(13-16)28-4/h6-9,12-15,23H,10-11H2,1-5H3,(H,25,26)/b9-6+. The Morgan fingerprint density at radius 3 is 2.19 bits per heavy atom. The third kappa shape index (κ3) is 5.23. The van der Waals surface area contributed by atoms with E-state index >= 15 is 0 Å². The van der Waals surface area contributed by atoms with Crippen molar-refractivity contribution in [3.05, 3.63) is 47.5 Å². The van der Waals surface area contributed by atoms with Crippen LogP contribution in [0.4, 0.5) is 0 Å². The number of hydrogen-bond donors (Lipinski definition) is 1. The second kappa shape index (κ2) is 10.1. The lowest BCUT2D eigenvalue weighted by Crippen LogP contribution is -2.30. The largest absolute Gasteiger partial charge is 0.493 e. The molecule has 0 bridgehead atoms. The number of rotatable bonds is 8. The minimum absolute atomic E-state index is 0.173. The Hall–Kier alpha value is -3.35. The van der Waals surface area contributed by atoms with Crippen LogP contribution >= 0.6 is 0 Å². The molecule has 7 heteroatoms. The average molecular weight is 427 g/mol. The molecule has 7 nitrogen and oxygen atoms in total. The summed E-state index contributed by atoms with van der Waals surface area (Å²) in [4.78, 5) is 12.7. The first-order chi connectivity index (χ1) is 15.0. The van der Waals surface area contributed by atoms with Gasteiger partial charge in [-0.25, -0.2) is 0 Å². The summed E-state index contributed by atoms with van der Waals surface area (Å²) in [5.74, 6) is 2.97. The highest BCUT2D eigenvalue weighted by Crippen LogP contribution is 2.38. The van der Waals surface area contributed by atoms with E-state index in [0.717, 1.165) is 16.9 Å². The molecule has 1 aliphatic rings. The first-order valence-corrected chi connectivity index (χ1v) is 10.1. The minimum Gasteiger partial charge on any atom is -0.493 e. The number of ether oxygens (including phenoxy) is 5. The molecule has 1 atom stereocenters. The van der Waals surface area contributed by atoms with Gasteiger partial charge < -0.3 is 29.0 Å². The highest BCUT2D eigenvalue weighted by Gasteiger charge is 2.21. The van der Waals surface area contributed by atoms with Crippen molar-refractivity contribution in [1.82, 2.24) is 5.32 Å². The van der Waals surface area contributed by atoms with Crippen LogP contribution in [-0.2, 0) is 4.79 Å². The van der Waals surface area contributed by atoms with Crippen LogP contribution in [0.15, 0.2) is 36.4 Å². The Kier molecular flexibility index (Phi) is 7.28. The molecular formula is C24H29NO6. The molecule has 1 heterocycles. The number of benzene rings is 2. The van der Waals surface area contributed by atoms with Crippen LogP contribution in [0.5, 0.6) is 28.7 Å². The van der Waals surface area contributed by atoms with E-state index in [9.17, 15) is 4.79 Å². The van der Waals surface area contributed by atoms with Crippen molar-refractivity contribution in [3.8, 4) is 28.7 Å². The zero-order chi connectivity index (χ0) is 22.4. The van der Waals surface area contributed by atoms with E-state index in [4.69, 9.17) is 23.7 Å². The lowest BCUT2D eigenvalue weighted by atomic mass is 9.95. The van der Waals surface area contributed by atoms with Crippen LogP contribution in [0.3, 0.4) is 0 Å². The van der Waals surface area contributed by atoms with Gasteiger partial charge in [-0.1, -0.05) is 19.9 Å². The summed E-state index contributed by atoms with van der Waals surface area (Å²) in [5.41, 5.74) is 1.72. The highest BCUT2D eigenvalue weighted by atomic mass is 16.6. The summed E-state index contributed by atoms with van der Waals surface area (Å²) >= 11 is 0. The summed E-state index contributed by atoms with van der Waals surface area (Å²) in [6.07, 6.45) is 3.20. The van der Waals surface area contributed by atoms with E-state index in [1.54, 1.807) is 39.5 Å². The molecule has 0 saturated heterocycles. The van der Waals surface area contributed by atoms with E-state index < -0.39 is 0 Å². The third-order valence-corrected chi connectivity index (χ3v) is 5.00. The minimum atomic E-state index is -0.206. The summed E-state index contributed by atoms with van der Waals surface area (Å²) in [5, 5.41) is 3.08. The van der Waals surface area contributed by atoms with Gasteiger partial charge in [0.15, 0.2) is 23.0 Å². The molecule has 1 unspecified atom stereocenters. The second-order valence-corrected chi connectivity index (χ2v) is 7.43. The molecule has 0 saturated carbocycles. The van der Waals surface area contributed by atoms with Crippen molar-refractivity contribution >= 4 is 12.0 Å². The Labute approximate surface area is 182 Å². The Bertz CT molecular complexity index is 928. The zero-order valence-corrected chi connectivity index (χ0v) is 18.6. The van der Waals surface area contributed by atoms with Gasteiger partial charge in [0, 0.05) is 6.08 Å². The van der Waals surface area contributed by atoms with Crippen molar-refractivity contribution in [2.75, 3.05) is 34.5 Å². The first-order valence-electron chi connectivity index (χ1n) is 10.1. The fourth-order valence-corrected chi connectivity index (χ4v) is 3.46. The number of nitrogens with one attached hydrogen (secondary N) is 1. The van der Waals surface area contributed by atoms with Gasteiger partial charge in [-0.15, -0.1) is 0 Å². The quantitative estimate of drug-likeness (QED) is 0.642. The van der Waals surface area contributed by atoms with Crippen molar-refractivity contribution in [2.24, 2.45) is 5.92 Å². The normalized spacial score (nSPS) is 13.7. The van der Waals surface area contributed by atoms with E-state index in [1.807, 2.05) is 18.2 Å². The van der Waals surface area contributed by atoms with Gasteiger partial charge in [-0.2, -0.15) is 0 Å². The molecule has 31 heavy (non-hydrogen) atoms. The van der Waals surface area contributed by atoms with Gasteiger partial charge in [0.1, 0.15) is 13.2 Å². The van der Waals surface area contributed by atoms with Crippen LogP contribution in [0.1, 0.15) is 31.0 Å². The van der Waals surface area contributed by atoms with Crippen molar-refractivity contribution < 1.29 is 28.5 Å². The molecule has 1 amide bonds. The van der Waals surface area contributed by atoms with E-state index in [0.29, 0.717) is 36.2 Å². The topological polar surface area (TPSA) is 75.3 Å². The first kappa shape index (κ1) is 22.3.